The number of rotatable bonds is 9. The molecule has 2 N–H and O–H groups in total. The summed E-state index contributed by atoms with van der Waals surface area (Å²) < 4.78 is 0. The Bertz CT molecular complexity index is 571. The quantitative estimate of drug-likeness (QED) is 0.328. The Balaban J connectivity index is 0.00000625. The third kappa shape index (κ3) is 8.87. The van der Waals surface area contributed by atoms with Gasteiger partial charge in [0.2, 0.25) is 5.91 Å². The van der Waals surface area contributed by atoms with Crippen LogP contribution in [0.2, 0.25) is 0 Å². The normalized spacial score (nSPS) is 10.9. The lowest BCUT2D eigenvalue weighted by Gasteiger charge is -2.18. The zero-order valence-corrected chi connectivity index (χ0v) is 19.2. The molecule has 1 amide bonds. The van der Waals surface area contributed by atoms with Gasteiger partial charge in [-0.1, -0.05) is 23.8 Å². The lowest BCUT2D eigenvalue weighted by atomic mass is 10.0. The van der Waals surface area contributed by atoms with E-state index in [-0.39, 0.29) is 29.9 Å². The molecule has 1 rings (SSSR count). The second-order valence-corrected chi connectivity index (χ2v) is 6.18. The minimum absolute atomic E-state index is 0. The van der Waals surface area contributed by atoms with Crippen LogP contribution in [0.15, 0.2) is 23.2 Å². The maximum Gasteiger partial charge on any atom is 0.224 e. The summed E-state index contributed by atoms with van der Waals surface area (Å²) >= 11 is 0. The highest BCUT2D eigenvalue weighted by atomic mass is 127. The molecule has 0 aliphatic carbocycles. The van der Waals surface area contributed by atoms with Crippen molar-refractivity contribution in [3.63, 3.8) is 0 Å². The Kier molecular flexibility index (Phi) is 13.1. The van der Waals surface area contributed by atoms with Gasteiger partial charge in [0, 0.05) is 32.6 Å². The molecular weight excluding hydrogens is 439 g/mol. The van der Waals surface area contributed by atoms with Gasteiger partial charge >= 0.3 is 0 Å². The molecule has 0 unspecified atom stereocenters. The number of carbonyl (C=O) groups is 1. The minimum atomic E-state index is 0. The second kappa shape index (κ2) is 13.8. The van der Waals surface area contributed by atoms with Gasteiger partial charge < -0.3 is 15.5 Å². The van der Waals surface area contributed by atoms with Crippen LogP contribution in [-0.2, 0) is 11.2 Å². The average molecular weight is 474 g/mol. The molecule has 0 atom stereocenters. The molecule has 0 saturated heterocycles. The maximum absolute atomic E-state index is 12.0. The number of halogens is 1. The number of nitrogens with zero attached hydrogens (tertiary/aromatic N) is 2. The predicted octanol–water partition coefficient (Wildman–Crippen LogP) is 3.28. The molecule has 0 heterocycles. The summed E-state index contributed by atoms with van der Waals surface area (Å²) in [6.45, 7) is 14.0. The van der Waals surface area contributed by atoms with Crippen LogP contribution in [0.5, 0.6) is 0 Å². The van der Waals surface area contributed by atoms with Gasteiger partial charge in [-0.2, -0.15) is 0 Å². The highest BCUT2D eigenvalue weighted by Gasteiger charge is 2.08. The topological polar surface area (TPSA) is 56.7 Å². The average Bonchev–Trinajstić information content (AvgIpc) is 2.58. The molecule has 148 valence electrons. The van der Waals surface area contributed by atoms with E-state index in [4.69, 9.17) is 0 Å². The van der Waals surface area contributed by atoms with E-state index >= 15 is 0 Å². The molecule has 1 aromatic carbocycles. The number of amides is 1. The summed E-state index contributed by atoms with van der Waals surface area (Å²) in [6, 6.07) is 6.56. The van der Waals surface area contributed by atoms with Gasteiger partial charge in [0.25, 0.3) is 0 Å². The van der Waals surface area contributed by atoms with E-state index in [0.717, 1.165) is 38.6 Å². The van der Waals surface area contributed by atoms with Crippen molar-refractivity contribution in [3.05, 3.63) is 34.9 Å². The zero-order valence-electron chi connectivity index (χ0n) is 16.9. The highest BCUT2D eigenvalue weighted by Crippen LogP contribution is 2.10. The van der Waals surface area contributed by atoms with Crippen molar-refractivity contribution in [2.75, 3.05) is 32.7 Å². The van der Waals surface area contributed by atoms with Gasteiger partial charge in [0.05, 0.1) is 6.54 Å². The molecule has 26 heavy (non-hydrogen) atoms. The van der Waals surface area contributed by atoms with E-state index in [1.54, 1.807) is 0 Å². The molecule has 0 aliphatic heterocycles. The number of aryl methyl sites for hydroxylation is 2. The van der Waals surface area contributed by atoms with E-state index in [9.17, 15) is 4.79 Å². The van der Waals surface area contributed by atoms with Gasteiger partial charge in [-0.15, -0.1) is 24.0 Å². The van der Waals surface area contributed by atoms with Crippen molar-refractivity contribution >= 4 is 35.8 Å². The number of carbonyl (C=O) groups excluding carboxylic acids is 1. The Labute approximate surface area is 176 Å². The smallest absolute Gasteiger partial charge is 0.224 e. The molecule has 0 saturated carbocycles. The van der Waals surface area contributed by atoms with Gasteiger partial charge in [0.1, 0.15) is 0 Å². The second-order valence-electron chi connectivity index (χ2n) is 6.18. The van der Waals surface area contributed by atoms with Crippen LogP contribution in [-0.4, -0.2) is 49.5 Å². The highest BCUT2D eigenvalue weighted by molar-refractivity contribution is 14.0. The summed E-state index contributed by atoms with van der Waals surface area (Å²) in [7, 11) is 0. The fraction of sp³-hybridized carbons (Fsp3) is 0.600. The van der Waals surface area contributed by atoms with E-state index in [2.05, 4.69) is 47.7 Å². The van der Waals surface area contributed by atoms with E-state index < -0.39 is 0 Å². The van der Waals surface area contributed by atoms with Crippen LogP contribution in [0.25, 0.3) is 0 Å². The Hall–Kier alpha value is -1.31. The van der Waals surface area contributed by atoms with E-state index in [1.807, 2.05) is 25.7 Å². The number of hydrogen-bond donors (Lipinski definition) is 2. The molecule has 1 aromatic rings. The lowest BCUT2D eigenvalue weighted by molar-refractivity contribution is -0.130. The molecule has 0 fully saturated rings. The van der Waals surface area contributed by atoms with Crippen LogP contribution in [0.1, 0.15) is 43.9 Å². The zero-order chi connectivity index (χ0) is 18.7. The van der Waals surface area contributed by atoms with E-state index in [1.165, 1.54) is 16.7 Å². The van der Waals surface area contributed by atoms with Crippen LogP contribution in [0, 0.1) is 13.8 Å². The number of guanidine groups is 1. The summed E-state index contributed by atoms with van der Waals surface area (Å²) in [5.74, 6) is 0.944. The van der Waals surface area contributed by atoms with Crippen LogP contribution in [0.3, 0.4) is 0 Å². The van der Waals surface area contributed by atoms with Crippen molar-refractivity contribution in [1.82, 2.24) is 15.5 Å². The molecule has 0 aliphatic rings. The first kappa shape index (κ1) is 24.7. The van der Waals surface area contributed by atoms with Gasteiger partial charge in [-0.3, -0.25) is 9.79 Å². The first-order valence-electron chi connectivity index (χ1n) is 9.37. The first-order chi connectivity index (χ1) is 12.0. The Morgan fingerprint density at radius 2 is 1.81 bits per heavy atom. The number of hydrogen-bond acceptors (Lipinski definition) is 2. The summed E-state index contributed by atoms with van der Waals surface area (Å²) in [5, 5.41) is 6.59. The molecule has 0 aromatic heterocycles. The standard InChI is InChI=1S/C20H34N4O.HI/c1-6-21-20(23-14-12-19(25)24(7-2)8-3)22-13-11-18-10-9-16(4)15-17(18)5;/h9-10,15H,6-8,11-14H2,1-5H3,(H2,21,22,23);1H. The fourth-order valence-corrected chi connectivity index (χ4v) is 2.78. The molecule has 5 nitrogen and oxygen atoms in total. The van der Waals surface area contributed by atoms with Crippen molar-refractivity contribution in [3.8, 4) is 0 Å². The third-order valence-electron chi connectivity index (χ3n) is 4.24. The van der Waals surface area contributed by atoms with Crippen LogP contribution >= 0.6 is 24.0 Å². The largest absolute Gasteiger partial charge is 0.357 e. The fourth-order valence-electron chi connectivity index (χ4n) is 2.78. The van der Waals surface area contributed by atoms with Gasteiger partial charge in [-0.25, -0.2) is 0 Å². The van der Waals surface area contributed by atoms with Gasteiger partial charge in [-0.05, 0) is 52.2 Å². The summed E-state index contributed by atoms with van der Waals surface area (Å²) in [5.41, 5.74) is 3.97. The first-order valence-corrected chi connectivity index (χ1v) is 9.37. The van der Waals surface area contributed by atoms with E-state index in [0.29, 0.717) is 13.0 Å². The van der Waals surface area contributed by atoms with Gasteiger partial charge in [0.15, 0.2) is 5.96 Å². The van der Waals surface area contributed by atoms with Crippen LogP contribution < -0.4 is 10.6 Å². The van der Waals surface area contributed by atoms with Crippen molar-refractivity contribution in [1.29, 1.82) is 0 Å². The third-order valence-corrected chi connectivity index (χ3v) is 4.24. The summed E-state index contributed by atoms with van der Waals surface area (Å²) in [6.07, 6.45) is 1.41. The monoisotopic (exact) mass is 474 g/mol. The molecular formula is C20H35IN4O. The number of aliphatic imine (C=N–C) groups is 1. The van der Waals surface area contributed by atoms with Crippen molar-refractivity contribution < 1.29 is 4.79 Å². The molecule has 0 radical (unpaired) electrons. The van der Waals surface area contributed by atoms with Crippen LogP contribution in [0.4, 0.5) is 0 Å². The molecule has 0 bridgehead atoms. The maximum atomic E-state index is 12.0. The Morgan fingerprint density at radius 3 is 2.38 bits per heavy atom. The van der Waals surface area contributed by atoms with Crippen molar-refractivity contribution in [2.45, 2.75) is 47.5 Å². The predicted molar refractivity (Wildman–Crippen MR) is 122 cm³/mol. The minimum Gasteiger partial charge on any atom is -0.357 e. The van der Waals surface area contributed by atoms with Crippen molar-refractivity contribution in [2.24, 2.45) is 4.99 Å². The number of nitrogens with one attached hydrogen (secondary N) is 2. The molecule has 0 spiro atoms. The lowest BCUT2D eigenvalue weighted by Crippen LogP contribution is -2.38. The summed E-state index contributed by atoms with van der Waals surface area (Å²) in [4.78, 5) is 18.4. The SMILES string of the molecule is CCNC(=NCCC(=O)N(CC)CC)NCCc1ccc(C)cc1C.I. The molecule has 6 heteroatoms. The Morgan fingerprint density at radius 1 is 1.12 bits per heavy atom. The number of benzene rings is 1.